The van der Waals surface area contributed by atoms with Gasteiger partial charge >= 0.3 is 0 Å². The van der Waals surface area contributed by atoms with Crippen LogP contribution in [0.3, 0.4) is 0 Å². The van der Waals surface area contributed by atoms with E-state index in [1.165, 1.54) is 10.9 Å². The molecule has 0 atom stereocenters. The summed E-state index contributed by atoms with van der Waals surface area (Å²) in [7, 11) is 4.16. The maximum absolute atomic E-state index is 5.91. The van der Waals surface area contributed by atoms with Gasteiger partial charge in [0, 0.05) is 17.5 Å². The van der Waals surface area contributed by atoms with Crippen molar-refractivity contribution in [1.29, 1.82) is 0 Å². The third-order valence-corrected chi connectivity index (χ3v) is 2.79. The molecule has 3 heteroatoms. The largest absolute Gasteiger partial charge is 0.459 e. The molecule has 0 fully saturated rings. The number of furan rings is 1. The molecule has 17 heavy (non-hydrogen) atoms. The van der Waals surface area contributed by atoms with Crippen molar-refractivity contribution in [3.05, 3.63) is 35.6 Å². The Labute approximate surface area is 102 Å². The predicted molar refractivity (Wildman–Crippen MR) is 71.0 cm³/mol. The average molecular weight is 232 g/mol. The normalized spacial score (nSPS) is 11.5. The van der Waals surface area contributed by atoms with Crippen LogP contribution in [0.25, 0.3) is 11.0 Å². The van der Waals surface area contributed by atoms with Crippen LogP contribution in [0.15, 0.2) is 28.7 Å². The number of benzene rings is 1. The van der Waals surface area contributed by atoms with Crippen molar-refractivity contribution >= 4 is 11.0 Å². The highest BCUT2D eigenvalue weighted by Gasteiger charge is 2.13. The van der Waals surface area contributed by atoms with Crippen molar-refractivity contribution in [3.63, 3.8) is 0 Å². The molecule has 2 aromatic rings. The van der Waals surface area contributed by atoms with Crippen molar-refractivity contribution in [2.24, 2.45) is 0 Å². The monoisotopic (exact) mass is 232 g/mol. The second kappa shape index (κ2) is 5.34. The van der Waals surface area contributed by atoms with E-state index in [1.54, 1.807) is 0 Å². The lowest BCUT2D eigenvalue weighted by Gasteiger charge is -2.10. The zero-order valence-corrected chi connectivity index (χ0v) is 10.8. The van der Waals surface area contributed by atoms with Crippen LogP contribution in [0, 0.1) is 0 Å². The van der Waals surface area contributed by atoms with Crippen LogP contribution in [0.4, 0.5) is 0 Å². The van der Waals surface area contributed by atoms with Gasteiger partial charge in [-0.2, -0.15) is 0 Å². The van der Waals surface area contributed by atoms with Gasteiger partial charge in [0.25, 0.3) is 0 Å². The van der Waals surface area contributed by atoms with Crippen molar-refractivity contribution in [3.8, 4) is 0 Å². The molecule has 0 saturated carbocycles. The van der Waals surface area contributed by atoms with Gasteiger partial charge in [-0.1, -0.05) is 25.1 Å². The summed E-state index contributed by atoms with van der Waals surface area (Å²) < 4.78 is 5.91. The van der Waals surface area contributed by atoms with Gasteiger partial charge < -0.3 is 14.6 Å². The smallest absolute Gasteiger partial charge is 0.134 e. The first-order valence-electron chi connectivity index (χ1n) is 6.07. The van der Waals surface area contributed by atoms with Crippen LogP contribution in [-0.4, -0.2) is 25.5 Å². The van der Waals surface area contributed by atoms with Crippen molar-refractivity contribution in [2.45, 2.75) is 20.0 Å². The van der Waals surface area contributed by atoms with Gasteiger partial charge in [0.15, 0.2) is 0 Å². The molecule has 0 aliphatic carbocycles. The number of rotatable bonds is 5. The van der Waals surface area contributed by atoms with Gasteiger partial charge in [-0.15, -0.1) is 0 Å². The third-order valence-electron chi connectivity index (χ3n) is 2.79. The predicted octanol–water partition coefficient (Wildman–Crippen LogP) is 2.60. The lowest BCUT2D eigenvalue weighted by atomic mass is 10.1. The topological polar surface area (TPSA) is 28.4 Å². The summed E-state index contributed by atoms with van der Waals surface area (Å²) >= 11 is 0. The highest BCUT2D eigenvalue weighted by atomic mass is 16.3. The van der Waals surface area contributed by atoms with E-state index in [1.807, 2.05) is 12.1 Å². The summed E-state index contributed by atoms with van der Waals surface area (Å²) in [6.45, 7) is 4.78. The molecule has 0 unspecified atom stereocenters. The van der Waals surface area contributed by atoms with E-state index >= 15 is 0 Å². The lowest BCUT2D eigenvalue weighted by molar-refractivity contribution is 0.394. The first-order chi connectivity index (χ1) is 8.22. The van der Waals surface area contributed by atoms with E-state index in [-0.39, 0.29) is 0 Å². The highest BCUT2D eigenvalue weighted by Crippen LogP contribution is 2.26. The van der Waals surface area contributed by atoms with E-state index in [9.17, 15) is 0 Å². The molecule has 1 aromatic carbocycles. The van der Waals surface area contributed by atoms with E-state index in [0.717, 1.165) is 31.0 Å². The molecule has 0 amide bonds. The van der Waals surface area contributed by atoms with Crippen LogP contribution < -0.4 is 5.32 Å². The second-order valence-electron chi connectivity index (χ2n) is 4.52. The van der Waals surface area contributed by atoms with Gasteiger partial charge in [0.1, 0.15) is 11.3 Å². The molecule has 0 aliphatic heterocycles. The Balaban J connectivity index is 2.41. The Morgan fingerprint density at radius 3 is 2.71 bits per heavy atom. The van der Waals surface area contributed by atoms with E-state index in [2.05, 4.69) is 43.4 Å². The number of para-hydroxylation sites is 1. The molecule has 0 spiro atoms. The van der Waals surface area contributed by atoms with Crippen molar-refractivity contribution in [1.82, 2.24) is 10.2 Å². The minimum atomic E-state index is 0.800. The summed E-state index contributed by atoms with van der Waals surface area (Å²) in [5.74, 6) is 1.06. The Bertz CT molecular complexity index is 488. The minimum absolute atomic E-state index is 0.800. The molecule has 0 aliphatic rings. The van der Waals surface area contributed by atoms with Crippen LogP contribution >= 0.6 is 0 Å². The van der Waals surface area contributed by atoms with Crippen molar-refractivity contribution in [2.75, 3.05) is 20.6 Å². The number of nitrogens with zero attached hydrogens (tertiary/aromatic N) is 1. The third kappa shape index (κ3) is 2.68. The van der Waals surface area contributed by atoms with Crippen LogP contribution in [-0.2, 0) is 13.1 Å². The van der Waals surface area contributed by atoms with E-state index in [4.69, 9.17) is 4.42 Å². The van der Waals surface area contributed by atoms with Gasteiger partial charge in [-0.25, -0.2) is 0 Å². The molecule has 92 valence electrons. The minimum Gasteiger partial charge on any atom is -0.459 e. The summed E-state index contributed by atoms with van der Waals surface area (Å²) in [5.41, 5.74) is 2.28. The Hall–Kier alpha value is -1.32. The maximum Gasteiger partial charge on any atom is 0.134 e. The zero-order chi connectivity index (χ0) is 12.3. The first kappa shape index (κ1) is 12.1. The molecule has 1 aromatic heterocycles. The summed E-state index contributed by atoms with van der Waals surface area (Å²) in [4.78, 5) is 2.17. The van der Waals surface area contributed by atoms with Gasteiger partial charge in [-0.05, 0) is 26.7 Å². The fraction of sp³-hybridized carbons (Fsp3) is 0.429. The van der Waals surface area contributed by atoms with E-state index < -0.39 is 0 Å². The molecule has 3 nitrogen and oxygen atoms in total. The number of nitrogens with one attached hydrogen (secondary N) is 1. The molecular weight excluding hydrogens is 212 g/mol. The number of hydrogen-bond donors (Lipinski definition) is 1. The van der Waals surface area contributed by atoms with Crippen molar-refractivity contribution < 1.29 is 4.42 Å². The molecule has 1 heterocycles. The quantitative estimate of drug-likeness (QED) is 0.859. The Morgan fingerprint density at radius 2 is 2.00 bits per heavy atom. The van der Waals surface area contributed by atoms with Crippen LogP contribution in [0.1, 0.15) is 18.2 Å². The highest BCUT2D eigenvalue weighted by molar-refractivity contribution is 5.82. The first-order valence-corrected chi connectivity index (χ1v) is 6.07. The fourth-order valence-corrected chi connectivity index (χ4v) is 2.02. The fourth-order valence-electron chi connectivity index (χ4n) is 2.02. The molecule has 1 N–H and O–H groups in total. The van der Waals surface area contributed by atoms with Gasteiger partial charge in [0.05, 0.1) is 6.54 Å². The van der Waals surface area contributed by atoms with Crippen LogP contribution in [0.2, 0.25) is 0 Å². The molecule has 0 bridgehead atoms. The Kier molecular flexibility index (Phi) is 3.82. The van der Waals surface area contributed by atoms with Gasteiger partial charge in [0.2, 0.25) is 0 Å². The van der Waals surface area contributed by atoms with E-state index in [0.29, 0.717) is 0 Å². The molecule has 0 saturated heterocycles. The van der Waals surface area contributed by atoms with Crippen LogP contribution in [0.5, 0.6) is 0 Å². The maximum atomic E-state index is 5.91. The number of fused-ring (bicyclic) bond motifs is 1. The lowest BCUT2D eigenvalue weighted by Crippen LogP contribution is -2.15. The zero-order valence-electron chi connectivity index (χ0n) is 10.8. The Morgan fingerprint density at radius 1 is 1.24 bits per heavy atom. The second-order valence-corrected chi connectivity index (χ2v) is 4.52. The van der Waals surface area contributed by atoms with Gasteiger partial charge in [-0.3, -0.25) is 0 Å². The summed E-state index contributed by atoms with van der Waals surface area (Å²) in [5, 5.41) is 4.56. The number of hydrogen-bond acceptors (Lipinski definition) is 3. The molecule has 0 radical (unpaired) electrons. The SMILES string of the molecule is CCNCc1oc2ccccc2c1CN(C)C. The summed E-state index contributed by atoms with van der Waals surface area (Å²) in [6, 6.07) is 8.24. The standard InChI is InChI=1S/C14H20N2O/c1-4-15-9-14-12(10-16(2)3)11-7-5-6-8-13(11)17-14/h5-8,15H,4,9-10H2,1-3H3. The molecular formula is C14H20N2O. The average Bonchev–Trinajstić information content (AvgIpc) is 2.64. The summed E-state index contributed by atoms with van der Waals surface area (Å²) in [6.07, 6.45) is 0. The molecule has 2 rings (SSSR count).